The van der Waals surface area contributed by atoms with Crippen molar-refractivity contribution < 1.29 is 17.7 Å². The minimum Gasteiger partial charge on any atom is -0.354 e. The van der Waals surface area contributed by atoms with Crippen molar-refractivity contribution in [2.24, 2.45) is 0 Å². The van der Waals surface area contributed by atoms with Crippen LogP contribution in [0.1, 0.15) is 62.5 Å². The quantitative estimate of drug-likeness (QED) is 0.699. The third-order valence-electron chi connectivity index (χ3n) is 5.55. The summed E-state index contributed by atoms with van der Waals surface area (Å²) in [5, 5.41) is 6.69. The number of rotatable bonds is 7. The van der Waals surface area contributed by atoms with Crippen molar-refractivity contribution in [2.45, 2.75) is 63.3 Å². The second-order valence-corrected chi connectivity index (χ2v) is 9.62. The highest BCUT2D eigenvalue weighted by molar-refractivity contribution is 7.89. The van der Waals surface area contributed by atoms with Crippen molar-refractivity contribution in [2.75, 3.05) is 12.4 Å². The van der Waals surface area contributed by atoms with Crippen LogP contribution in [0, 0.1) is 6.92 Å². The van der Waals surface area contributed by atoms with E-state index >= 15 is 0 Å². The number of nitrogens with zero attached hydrogens (tertiary/aromatic N) is 2. The topological polar surface area (TPSA) is 92.5 Å². The van der Waals surface area contributed by atoms with Crippen LogP contribution in [0.15, 0.2) is 33.7 Å². The van der Waals surface area contributed by atoms with Crippen molar-refractivity contribution in [3.8, 4) is 0 Å². The Labute approximate surface area is 178 Å². The molecule has 0 aliphatic heterocycles. The van der Waals surface area contributed by atoms with Gasteiger partial charge in [0.2, 0.25) is 15.9 Å². The van der Waals surface area contributed by atoms with Gasteiger partial charge in [0.05, 0.1) is 4.90 Å². The molecule has 1 aliphatic carbocycles. The number of aromatic nitrogens is 1. The van der Waals surface area contributed by atoms with Crippen molar-refractivity contribution >= 4 is 33.8 Å². The fraction of sp³-hybridized carbons (Fsp3) is 0.455. The van der Waals surface area contributed by atoms with Crippen LogP contribution in [0.25, 0.3) is 12.2 Å². The van der Waals surface area contributed by atoms with E-state index < -0.39 is 10.0 Å². The van der Waals surface area contributed by atoms with Crippen molar-refractivity contribution in [3.05, 3.63) is 41.3 Å². The lowest BCUT2D eigenvalue weighted by molar-refractivity contribution is -0.115. The number of carbonyl (C=O) groups is 1. The van der Waals surface area contributed by atoms with Crippen LogP contribution in [0.3, 0.4) is 0 Å². The summed E-state index contributed by atoms with van der Waals surface area (Å²) in [4.78, 5) is 12.0. The first-order chi connectivity index (χ1) is 14.3. The van der Waals surface area contributed by atoms with Crippen LogP contribution < -0.4 is 5.32 Å². The zero-order chi connectivity index (χ0) is 21.7. The van der Waals surface area contributed by atoms with E-state index in [1.807, 2.05) is 0 Å². The largest absolute Gasteiger partial charge is 0.354 e. The molecular formula is C22H29N3O4S. The summed E-state index contributed by atoms with van der Waals surface area (Å²) in [5.41, 5.74) is 1.96. The predicted octanol–water partition coefficient (Wildman–Crippen LogP) is 4.46. The lowest BCUT2D eigenvalue weighted by Gasteiger charge is -2.30. The molecule has 8 heteroatoms. The lowest BCUT2D eigenvalue weighted by Crippen LogP contribution is -2.38. The Bertz CT molecular complexity index is 1000. The molecule has 0 saturated heterocycles. The van der Waals surface area contributed by atoms with E-state index in [0.717, 1.165) is 31.2 Å². The van der Waals surface area contributed by atoms with Gasteiger partial charge in [0, 0.05) is 19.5 Å². The van der Waals surface area contributed by atoms with Gasteiger partial charge in [-0.1, -0.05) is 49.6 Å². The Morgan fingerprint density at radius 1 is 1.20 bits per heavy atom. The molecule has 0 bridgehead atoms. The molecule has 1 heterocycles. The Kier molecular flexibility index (Phi) is 7.10. The van der Waals surface area contributed by atoms with Gasteiger partial charge in [0.15, 0.2) is 5.76 Å². The molecule has 2 aromatic rings. The van der Waals surface area contributed by atoms with Gasteiger partial charge >= 0.3 is 0 Å². The maximum absolute atomic E-state index is 12.9. The molecule has 1 aromatic heterocycles. The average molecular weight is 432 g/mol. The number of anilines is 1. The number of benzene rings is 1. The number of nitrogens with one attached hydrogen (secondary N) is 1. The molecule has 1 amide bonds. The summed E-state index contributed by atoms with van der Waals surface area (Å²) >= 11 is 0. The normalized spacial score (nSPS) is 15.7. The van der Waals surface area contributed by atoms with Gasteiger partial charge < -0.3 is 9.84 Å². The van der Waals surface area contributed by atoms with E-state index in [9.17, 15) is 13.2 Å². The van der Waals surface area contributed by atoms with E-state index in [2.05, 4.69) is 10.5 Å². The molecule has 0 spiro atoms. The first-order valence-electron chi connectivity index (χ1n) is 10.3. The van der Waals surface area contributed by atoms with Crippen LogP contribution in [-0.4, -0.2) is 36.9 Å². The molecule has 7 nitrogen and oxygen atoms in total. The molecule has 1 fully saturated rings. The number of sulfonamides is 1. The van der Waals surface area contributed by atoms with Crippen LogP contribution >= 0.6 is 0 Å². The Morgan fingerprint density at radius 2 is 1.87 bits per heavy atom. The summed E-state index contributed by atoms with van der Waals surface area (Å²) in [6.45, 7) is 3.53. The molecular weight excluding hydrogens is 402 g/mol. The maximum atomic E-state index is 12.9. The second kappa shape index (κ2) is 9.57. The molecule has 0 unspecified atom stereocenters. The van der Waals surface area contributed by atoms with Crippen LogP contribution in [0.5, 0.6) is 0 Å². The Balaban J connectivity index is 1.74. The number of hydrogen-bond acceptors (Lipinski definition) is 5. The highest BCUT2D eigenvalue weighted by Gasteiger charge is 2.28. The Morgan fingerprint density at radius 3 is 2.50 bits per heavy atom. The summed E-state index contributed by atoms with van der Waals surface area (Å²) in [6, 6.07) is 6.84. The van der Waals surface area contributed by atoms with Crippen LogP contribution in [0.4, 0.5) is 5.69 Å². The van der Waals surface area contributed by atoms with Crippen LogP contribution in [-0.2, 0) is 14.8 Å². The molecule has 1 saturated carbocycles. The third kappa shape index (κ3) is 4.99. The average Bonchev–Trinajstić information content (AvgIpc) is 3.11. The fourth-order valence-electron chi connectivity index (χ4n) is 3.61. The van der Waals surface area contributed by atoms with E-state index in [4.69, 9.17) is 4.52 Å². The summed E-state index contributed by atoms with van der Waals surface area (Å²) in [6.07, 6.45) is 9.05. The summed E-state index contributed by atoms with van der Waals surface area (Å²) in [7, 11) is -1.83. The smallest absolute Gasteiger partial charge is 0.243 e. The second-order valence-electron chi connectivity index (χ2n) is 7.62. The number of carbonyl (C=O) groups excluding carboxylic acids is 1. The molecule has 0 atom stereocenters. The van der Waals surface area contributed by atoms with Crippen molar-refractivity contribution in [3.63, 3.8) is 0 Å². The van der Waals surface area contributed by atoms with Gasteiger partial charge in [-0.25, -0.2) is 8.42 Å². The van der Waals surface area contributed by atoms with Crippen molar-refractivity contribution in [1.29, 1.82) is 0 Å². The SMILES string of the molecule is CCC(=O)Nc1c(C)noc1/C=C\c1ccc(S(=O)(=O)N(C)C2CCCCC2)cc1. The monoisotopic (exact) mass is 431 g/mol. The van der Waals surface area contributed by atoms with E-state index in [0.29, 0.717) is 28.5 Å². The molecule has 1 N–H and O–H groups in total. The highest BCUT2D eigenvalue weighted by Crippen LogP contribution is 2.27. The molecule has 30 heavy (non-hydrogen) atoms. The zero-order valence-corrected chi connectivity index (χ0v) is 18.5. The number of hydrogen-bond donors (Lipinski definition) is 1. The molecule has 162 valence electrons. The maximum Gasteiger partial charge on any atom is 0.243 e. The molecule has 3 rings (SSSR count). The molecule has 0 radical (unpaired) electrons. The highest BCUT2D eigenvalue weighted by atomic mass is 32.2. The molecule has 1 aromatic carbocycles. The lowest BCUT2D eigenvalue weighted by atomic mass is 9.96. The van der Waals surface area contributed by atoms with Gasteiger partial charge in [0.1, 0.15) is 11.4 Å². The fourth-order valence-corrected chi connectivity index (χ4v) is 5.03. The summed E-state index contributed by atoms with van der Waals surface area (Å²) in [5.74, 6) is 0.329. The minimum absolute atomic E-state index is 0.0785. The van der Waals surface area contributed by atoms with Gasteiger partial charge in [-0.05, 0) is 43.5 Å². The predicted molar refractivity (Wildman–Crippen MR) is 117 cm³/mol. The number of aryl methyl sites for hydroxylation is 1. The van der Waals surface area contributed by atoms with E-state index in [1.54, 1.807) is 57.3 Å². The Hall–Kier alpha value is -2.45. The zero-order valence-electron chi connectivity index (χ0n) is 17.7. The van der Waals surface area contributed by atoms with E-state index in [-0.39, 0.29) is 11.9 Å². The number of amides is 1. The third-order valence-corrected chi connectivity index (χ3v) is 7.47. The van der Waals surface area contributed by atoms with Crippen molar-refractivity contribution in [1.82, 2.24) is 9.46 Å². The van der Waals surface area contributed by atoms with Gasteiger partial charge in [-0.2, -0.15) is 4.31 Å². The first kappa shape index (κ1) is 22.2. The molecule has 1 aliphatic rings. The van der Waals surface area contributed by atoms with E-state index in [1.165, 1.54) is 10.7 Å². The standard InChI is InChI=1S/C22H29N3O4S/c1-4-21(26)23-22-16(2)24-29-20(22)15-12-17-10-13-19(14-11-17)30(27,28)25(3)18-8-6-5-7-9-18/h10-15,18H,4-9H2,1-3H3,(H,23,26)/b15-12-. The first-order valence-corrected chi connectivity index (χ1v) is 11.8. The van der Waals surface area contributed by atoms with Gasteiger partial charge in [0.25, 0.3) is 0 Å². The summed E-state index contributed by atoms with van der Waals surface area (Å²) < 4.78 is 32.7. The van der Waals surface area contributed by atoms with Gasteiger partial charge in [-0.15, -0.1) is 0 Å². The van der Waals surface area contributed by atoms with Crippen LogP contribution in [0.2, 0.25) is 0 Å². The minimum atomic E-state index is -3.51. The van der Waals surface area contributed by atoms with Gasteiger partial charge in [-0.3, -0.25) is 4.79 Å².